The fraction of sp³-hybridized carbons (Fsp3) is 0.357. The summed E-state index contributed by atoms with van der Waals surface area (Å²) in [7, 11) is 0. The second-order valence-corrected chi connectivity index (χ2v) is 4.42. The Hall–Kier alpha value is -1.61. The van der Waals surface area contributed by atoms with Gasteiger partial charge in [-0.3, -0.25) is 4.98 Å². The Morgan fingerprint density at radius 2 is 2.06 bits per heavy atom. The van der Waals surface area contributed by atoms with Gasteiger partial charge in [-0.2, -0.15) is 0 Å². The minimum Gasteiger partial charge on any atom is -0.489 e. The average molecular weight is 230 g/mol. The minimum atomic E-state index is 0.0263. The molecule has 0 aliphatic heterocycles. The lowest BCUT2D eigenvalue weighted by Crippen LogP contribution is -2.22. The van der Waals surface area contributed by atoms with Crippen molar-refractivity contribution < 1.29 is 4.74 Å². The summed E-state index contributed by atoms with van der Waals surface area (Å²) in [5.74, 6) is 0.827. The van der Waals surface area contributed by atoms with E-state index in [-0.39, 0.29) is 6.10 Å². The second kappa shape index (κ2) is 4.72. The van der Waals surface area contributed by atoms with Crippen LogP contribution in [0, 0.1) is 13.8 Å². The number of nitrogens with zero attached hydrogens (tertiary/aromatic N) is 1. The largest absolute Gasteiger partial charge is 0.489 e. The van der Waals surface area contributed by atoms with Crippen molar-refractivity contribution in [3.8, 4) is 5.75 Å². The number of rotatable bonds is 3. The van der Waals surface area contributed by atoms with E-state index >= 15 is 0 Å². The molecule has 0 saturated heterocycles. The van der Waals surface area contributed by atoms with Crippen LogP contribution in [0.15, 0.2) is 24.3 Å². The molecule has 0 bridgehead atoms. The van der Waals surface area contributed by atoms with Crippen LogP contribution < -0.4 is 10.5 Å². The summed E-state index contributed by atoms with van der Waals surface area (Å²) in [5, 5.41) is 1.17. The van der Waals surface area contributed by atoms with Gasteiger partial charge >= 0.3 is 0 Å². The highest BCUT2D eigenvalue weighted by molar-refractivity contribution is 5.83. The average Bonchev–Trinajstić information content (AvgIpc) is 2.28. The number of ether oxygens (including phenoxy) is 1. The predicted molar refractivity (Wildman–Crippen MR) is 70.4 cm³/mol. The molecular weight excluding hydrogens is 212 g/mol. The van der Waals surface area contributed by atoms with Crippen molar-refractivity contribution in [1.29, 1.82) is 0 Å². The Kier molecular flexibility index (Phi) is 3.29. The van der Waals surface area contributed by atoms with Crippen LogP contribution in [0.4, 0.5) is 0 Å². The van der Waals surface area contributed by atoms with Crippen LogP contribution in [-0.4, -0.2) is 17.6 Å². The summed E-state index contributed by atoms with van der Waals surface area (Å²) in [6.45, 7) is 6.57. The molecule has 2 rings (SSSR count). The van der Waals surface area contributed by atoms with Gasteiger partial charge in [0.1, 0.15) is 11.9 Å². The minimum absolute atomic E-state index is 0.0263. The van der Waals surface area contributed by atoms with Crippen molar-refractivity contribution in [1.82, 2.24) is 4.98 Å². The summed E-state index contributed by atoms with van der Waals surface area (Å²) in [4.78, 5) is 4.52. The van der Waals surface area contributed by atoms with Crippen molar-refractivity contribution in [3.05, 3.63) is 35.5 Å². The zero-order chi connectivity index (χ0) is 12.4. The zero-order valence-electron chi connectivity index (χ0n) is 10.5. The molecule has 1 heterocycles. The summed E-state index contributed by atoms with van der Waals surface area (Å²) in [6, 6.07) is 8.08. The highest BCUT2D eigenvalue weighted by Gasteiger charge is 2.05. The van der Waals surface area contributed by atoms with E-state index in [2.05, 4.69) is 24.0 Å². The van der Waals surface area contributed by atoms with Crippen molar-refractivity contribution in [2.45, 2.75) is 26.9 Å². The number of hydrogen-bond donors (Lipinski definition) is 1. The van der Waals surface area contributed by atoms with Gasteiger partial charge in [0.2, 0.25) is 0 Å². The normalized spacial score (nSPS) is 12.7. The Labute approximate surface area is 102 Å². The number of aryl methyl sites for hydroxylation is 2. The first kappa shape index (κ1) is 11.9. The molecule has 2 N–H and O–H groups in total. The zero-order valence-corrected chi connectivity index (χ0v) is 10.5. The molecule has 1 aromatic carbocycles. The summed E-state index contributed by atoms with van der Waals surface area (Å²) < 4.78 is 5.69. The van der Waals surface area contributed by atoms with Crippen molar-refractivity contribution >= 4 is 10.9 Å². The lowest BCUT2D eigenvalue weighted by atomic mass is 10.1. The van der Waals surface area contributed by atoms with E-state index in [0.717, 1.165) is 17.0 Å². The molecule has 1 aromatic heterocycles. The molecule has 2 aromatic rings. The molecule has 0 aliphatic rings. The maximum Gasteiger partial charge on any atom is 0.121 e. The van der Waals surface area contributed by atoms with Gasteiger partial charge in [-0.05, 0) is 44.5 Å². The first-order chi connectivity index (χ1) is 8.10. The molecule has 1 atom stereocenters. The third-order valence-corrected chi connectivity index (χ3v) is 2.79. The molecule has 1 unspecified atom stereocenters. The maximum atomic E-state index is 5.69. The monoisotopic (exact) mass is 230 g/mol. The topological polar surface area (TPSA) is 48.1 Å². The third-order valence-electron chi connectivity index (χ3n) is 2.79. The Bertz CT molecular complexity index is 537. The summed E-state index contributed by atoms with van der Waals surface area (Å²) in [6.07, 6.45) is 0.0263. The van der Waals surface area contributed by atoms with Gasteiger partial charge in [-0.25, -0.2) is 0 Å². The number of pyridine rings is 1. The number of aromatic nitrogens is 1. The standard InChI is InChI=1S/C14H18N2O/c1-9-6-10(2)16-14-7-12(4-5-13(9)14)17-11(3)8-15/h4-7,11H,8,15H2,1-3H3. The Morgan fingerprint density at radius 3 is 2.76 bits per heavy atom. The van der Waals surface area contributed by atoms with E-state index in [1.54, 1.807) is 0 Å². The molecule has 0 amide bonds. The molecule has 90 valence electrons. The quantitative estimate of drug-likeness (QED) is 0.881. The summed E-state index contributed by atoms with van der Waals surface area (Å²) in [5.41, 5.74) is 8.78. The number of fused-ring (bicyclic) bond motifs is 1. The maximum absolute atomic E-state index is 5.69. The Morgan fingerprint density at radius 1 is 1.29 bits per heavy atom. The van der Waals surface area contributed by atoms with Gasteiger partial charge in [0.25, 0.3) is 0 Å². The van der Waals surface area contributed by atoms with Crippen molar-refractivity contribution in [2.75, 3.05) is 6.54 Å². The molecule has 0 radical (unpaired) electrons. The van der Waals surface area contributed by atoms with E-state index in [0.29, 0.717) is 6.54 Å². The summed E-state index contributed by atoms with van der Waals surface area (Å²) >= 11 is 0. The number of benzene rings is 1. The molecular formula is C14H18N2O. The van der Waals surface area contributed by atoms with E-state index in [1.165, 1.54) is 10.9 Å². The molecule has 0 aliphatic carbocycles. The predicted octanol–water partition coefficient (Wildman–Crippen LogP) is 2.58. The van der Waals surface area contributed by atoms with Gasteiger partial charge in [0.15, 0.2) is 0 Å². The van der Waals surface area contributed by atoms with Gasteiger partial charge in [0, 0.05) is 23.7 Å². The van der Waals surface area contributed by atoms with Crippen LogP contribution in [-0.2, 0) is 0 Å². The van der Waals surface area contributed by atoms with E-state index in [9.17, 15) is 0 Å². The molecule has 17 heavy (non-hydrogen) atoms. The Balaban J connectivity index is 2.43. The highest BCUT2D eigenvalue weighted by Crippen LogP contribution is 2.23. The SMILES string of the molecule is Cc1cc(C)c2ccc(OC(C)CN)cc2n1. The van der Waals surface area contributed by atoms with Crippen LogP contribution in [0.25, 0.3) is 10.9 Å². The fourth-order valence-corrected chi connectivity index (χ4v) is 1.90. The first-order valence-electron chi connectivity index (χ1n) is 5.85. The van der Waals surface area contributed by atoms with Gasteiger partial charge in [-0.1, -0.05) is 0 Å². The number of nitrogens with two attached hydrogens (primary N) is 1. The lowest BCUT2D eigenvalue weighted by molar-refractivity contribution is 0.230. The van der Waals surface area contributed by atoms with Gasteiger partial charge < -0.3 is 10.5 Å². The van der Waals surface area contributed by atoms with Crippen molar-refractivity contribution in [2.24, 2.45) is 5.73 Å². The van der Waals surface area contributed by atoms with Crippen LogP contribution in [0.5, 0.6) is 5.75 Å². The first-order valence-corrected chi connectivity index (χ1v) is 5.85. The van der Waals surface area contributed by atoms with Crippen LogP contribution in [0.3, 0.4) is 0 Å². The van der Waals surface area contributed by atoms with Crippen LogP contribution >= 0.6 is 0 Å². The van der Waals surface area contributed by atoms with Crippen LogP contribution in [0.2, 0.25) is 0 Å². The third kappa shape index (κ3) is 2.56. The molecule has 0 saturated carbocycles. The molecule has 3 nitrogen and oxygen atoms in total. The smallest absolute Gasteiger partial charge is 0.121 e. The molecule has 0 fully saturated rings. The van der Waals surface area contributed by atoms with E-state index in [1.807, 2.05) is 26.0 Å². The van der Waals surface area contributed by atoms with E-state index in [4.69, 9.17) is 10.5 Å². The van der Waals surface area contributed by atoms with Crippen LogP contribution in [0.1, 0.15) is 18.2 Å². The van der Waals surface area contributed by atoms with E-state index < -0.39 is 0 Å². The highest BCUT2D eigenvalue weighted by atomic mass is 16.5. The van der Waals surface area contributed by atoms with Gasteiger partial charge in [0.05, 0.1) is 5.52 Å². The fourth-order valence-electron chi connectivity index (χ4n) is 1.90. The molecule has 3 heteroatoms. The van der Waals surface area contributed by atoms with Gasteiger partial charge in [-0.15, -0.1) is 0 Å². The van der Waals surface area contributed by atoms with Crippen molar-refractivity contribution in [3.63, 3.8) is 0 Å². The number of hydrogen-bond acceptors (Lipinski definition) is 3. The molecule has 0 spiro atoms. The second-order valence-electron chi connectivity index (χ2n) is 4.42. The lowest BCUT2D eigenvalue weighted by Gasteiger charge is -2.13.